The summed E-state index contributed by atoms with van der Waals surface area (Å²) in [5.74, 6) is -0.273. The maximum absolute atomic E-state index is 13.7. The molecule has 1 unspecified atom stereocenters. The molecule has 1 aliphatic rings. The third kappa shape index (κ3) is 1.74. The van der Waals surface area contributed by atoms with E-state index >= 15 is 0 Å². The Hall–Kier alpha value is -0.930. The molecule has 0 saturated heterocycles. The Labute approximate surface area is 95.3 Å². The van der Waals surface area contributed by atoms with Gasteiger partial charge in [0.1, 0.15) is 5.82 Å². The van der Waals surface area contributed by atoms with Crippen LogP contribution in [0.25, 0.3) is 0 Å². The van der Waals surface area contributed by atoms with Gasteiger partial charge in [0.25, 0.3) is 0 Å². The van der Waals surface area contributed by atoms with Crippen molar-refractivity contribution in [1.82, 2.24) is 0 Å². The Morgan fingerprint density at radius 3 is 2.50 bits per heavy atom. The highest BCUT2D eigenvalue weighted by Crippen LogP contribution is 2.51. The van der Waals surface area contributed by atoms with Crippen LogP contribution in [0.2, 0.25) is 0 Å². The van der Waals surface area contributed by atoms with E-state index in [0.717, 1.165) is 19.3 Å². The molecule has 1 atom stereocenters. The summed E-state index contributed by atoms with van der Waals surface area (Å²) in [6.07, 6.45) is 2.99. The van der Waals surface area contributed by atoms with Gasteiger partial charge < -0.3 is 10.8 Å². The van der Waals surface area contributed by atoms with E-state index in [1.807, 2.05) is 6.07 Å². The molecule has 1 saturated carbocycles. The average Bonchev–Trinajstić information content (AvgIpc) is 2.25. The molecule has 3 N–H and O–H groups in total. The van der Waals surface area contributed by atoms with Gasteiger partial charge in [-0.3, -0.25) is 0 Å². The van der Waals surface area contributed by atoms with Crippen molar-refractivity contribution in [2.24, 2.45) is 11.1 Å². The lowest BCUT2D eigenvalue weighted by molar-refractivity contribution is 0.0182. The largest absolute Gasteiger partial charge is 0.396 e. The molecule has 1 aliphatic carbocycles. The van der Waals surface area contributed by atoms with Gasteiger partial charge in [-0.25, -0.2) is 4.39 Å². The number of rotatable bonds is 4. The lowest BCUT2D eigenvalue weighted by atomic mass is 9.59. The van der Waals surface area contributed by atoms with Crippen molar-refractivity contribution in [3.05, 3.63) is 35.6 Å². The normalized spacial score (nSPS) is 20.2. The SMILES string of the molecule is NCC(c1ccccc1F)C1(CO)CCC1. The lowest BCUT2D eigenvalue weighted by Crippen LogP contribution is -2.42. The second-order valence-corrected chi connectivity index (χ2v) is 4.68. The lowest BCUT2D eigenvalue weighted by Gasteiger charge is -2.46. The summed E-state index contributed by atoms with van der Waals surface area (Å²) < 4.78 is 13.7. The molecule has 0 spiro atoms. The van der Waals surface area contributed by atoms with Gasteiger partial charge >= 0.3 is 0 Å². The molecule has 1 aromatic rings. The highest BCUT2D eigenvalue weighted by atomic mass is 19.1. The van der Waals surface area contributed by atoms with E-state index in [1.165, 1.54) is 6.07 Å². The Morgan fingerprint density at radius 2 is 2.06 bits per heavy atom. The van der Waals surface area contributed by atoms with Gasteiger partial charge in [-0.15, -0.1) is 0 Å². The fourth-order valence-corrected chi connectivity index (χ4v) is 2.71. The minimum absolute atomic E-state index is 0.0625. The minimum atomic E-state index is -0.210. The number of hydrogen-bond acceptors (Lipinski definition) is 2. The minimum Gasteiger partial charge on any atom is -0.396 e. The summed E-state index contributed by atoms with van der Waals surface area (Å²) in [6, 6.07) is 6.74. The Kier molecular flexibility index (Phi) is 3.26. The molecule has 1 fully saturated rings. The van der Waals surface area contributed by atoms with Crippen molar-refractivity contribution in [1.29, 1.82) is 0 Å². The van der Waals surface area contributed by atoms with Gasteiger partial charge in [-0.1, -0.05) is 24.6 Å². The van der Waals surface area contributed by atoms with E-state index in [1.54, 1.807) is 12.1 Å². The maximum Gasteiger partial charge on any atom is 0.126 e. The zero-order valence-corrected chi connectivity index (χ0v) is 9.32. The number of halogens is 1. The molecule has 0 heterocycles. The molecule has 2 nitrogen and oxygen atoms in total. The number of aliphatic hydroxyl groups excluding tert-OH is 1. The fourth-order valence-electron chi connectivity index (χ4n) is 2.71. The van der Waals surface area contributed by atoms with Crippen LogP contribution in [0, 0.1) is 11.2 Å². The molecule has 0 bridgehead atoms. The summed E-state index contributed by atoms with van der Waals surface area (Å²) >= 11 is 0. The Bertz CT molecular complexity index is 357. The van der Waals surface area contributed by atoms with Gasteiger partial charge in [0.15, 0.2) is 0 Å². The highest BCUT2D eigenvalue weighted by molar-refractivity contribution is 5.25. The van der Waals surface area contributed by atoms with E-state index < -0.39 is 0 Å². The second-order valence-electron chi connectivity index (χ2n) is 4.68. The molecule has 0 aromatic heterocycles. The monoisotopic (exact) mass is 223 g/mol. The molecular weight excluding hydrogens is 205 g/mol. The number of benzene rings is 1. The first kappa shape index (κ1) is 11.6. The zero-order valence-electron chi connectivity index (χ0n) is 9.32. The Morgan fingerprint density at radius 1 is 1.38 bits per heavy atom. The van der Waals surface area contributed by atoms with E-state index in [0.29, 0.717) is 12.1 Å². The van der Waals surface area contributed by atoms with Gasteiger partial charge in [-0.2, -0.15) is 0 Å². The summed E-state index contributed by atoms with van der Waals surface area (Å²) in [5, 5.41) is 9.51. The zero-order chi connectivity index (χ0) is 11.6. The van der Waals surface area contributed by atoms with Crippen molar-refractivity contribution in [3.8, 4) is 0 Å². The van der Waals surface area contributed by atoms with Crippen molar-refractivity contribution < 1.29 is 9.50 Å². The average molecular weight is 223 g/mol. The smallest absolute Gasteiger partial charge is 0.126 e. The van der Waals surface area contributed by atoms with E-state index in [-0.39, 0.29) is 23.8 Å². The van der Waals surface area contributed by atoms with Gasteiger partial charge in [-0.05, 0) is 31.0 Å². The molecule has 16 heavy (non-hydrogen) atoms. The number of aliphatic hydroxyl groups is 1. The molecule has 1 aromatic carbocycles. The molecular formula is C13H18FNO. The van der Waals surface area contributed by atoms with Crippen molar-refractivity contribution in [3.63, 3.8) is 0 Å². The predicted molar refractivity (Wildman–Crippen MR) is 61.6 cm³/mol. The van der Waals surface area contributed by atoms with Crippen LogP contribution >= 0.6 is 0 Å². The van der Waals surface area contributed by atoms with Crippen LogP contribution in [-0.2, 0) is 0 Å². The second kappa shape index (κ2) is 4.52. The third-order valence-corrected chi connectivity index (χ3v) is 3.92. The highest BCUT2D eigenvalue weighted by Gasteiger charge is 2.44. The van der Waals surface area contributed by atoms with Crippen molar-refractivity contribution in [2.75, 3.05) is 13.2 Å². The van der Waals surface area contributed by atoms with Crippen LogP contribution in [0.4, 0.5) is 4.39 Å². The van der Waals surface area contributed by atoms with Crippen LogP contribution in [-0.4, -0.2) is 18.3 Å². The van der Waals surface area contributed by atoms with Crippen LogP contribution < -0.4 is 5.73 Å². The number of hydrogen-bond donors (Lipinski definition) is 2. The molecule has 2 rings (SSSR count). The first-order chi connectivity index (χ1) is 7.73. The first-order valence-corrected chi connectivity index (χ1v) is 5.79. The summed E-state index contributed by atoms with van der Waals surface area (Å²) in [7, 11) is 0. The quantitative estimate of drug-likeness (QED) is 0.820. The van der Waals surface area contributed by atoms with Crippen LogP contribution in [0.3, 0.4) is 0 Å². The predicted octanol–water partition coefficient (Wildman–Crippen LogP) is 2.03. The molecule has 0 amide bonds. The standard InChI is InChI=1S/C13H18FNO/c14-12-5-2-1-4-10(12)11(8-15)13(9-16)6-3-7-13/h1-2,4-5,11,16H,3,6-9,15H2. The van der Waals surface area contributed by atoms with E-state index in [9.17, 15) is 9.50 Å². The summed E-state index contributed by atoms with van der Waals surface area (Å²) in [5.41, 5.74) is 6.24. The van der Waals surface area contributed by atoms with Crippen LogP contribution in [0.15, 0.2) is 24.3 Å². The van der Waals surface area contributed by atoms with Gasteiger partial charge in [0.05, 0.1) is 0 Å². The first-order valence-electron chi connectivity index (χ1n) is 5.79. The van der Waals surface area contributed by atoms with Gasteiger partial charge in [0, 0.05) is 17.9 Å². The van der Waals surface area contributed by atoms with Crippen molar-refractivity contribution >= 4 is 0 Å². The number of nitrogens with two attached hydrogens (primary N) is 1. The molecule has 88 valence electrons. The van der Waals surface area contributed by atoms with Crippen LogP contribution in [0.5, 0.6) is 0 Å². The molecule has 3 heteroatoms. The van der Waals surface area contributed by atoms with Crippen LogP contribution in [0.1, 0.15) is 30.7 Å². The van der Waals surface area contributed by atoms with Crippen molar-refractivity contribution in [2.45, 2.75) is 25.2 Å². The Balaban J connectivity index is 2.32. The van der Waals surface area contributed by atoms with E-state index in [4.69, 9.17) is 5.73 Å². The topological polar surface area (TPSA) is 46.2 Å². The summed E-state index contributed by atoms with van der Waals surface area (Å²) in [6.45, 7) is 0.491. The fraction of sp³-hybridized carbons (Fsp3) is 0.538. The van der Waals surface area contributed by atoms with Gasteiger partial charge in [0.2, 0.25) is 0 Å². The molecule has 0 radical (unpaired) electrons. The van der Waals surface area contributed by atoms with E-state index in [2.05, 4.69) is 0 Å². The molecule has 0 aliphatic heterocycles. The third-order valence-electron chi connectivity index (χ3n) is 3.92. The summed E-state index contributed by atoms with van der Waals surface area (Å²) in [4.78, 5) is 0. The maximum atomic E-state index is 13.7.